The number of likely N-dealkylation sites (tertiary alicyclic amines) is 1. The summed E-state index contributed by atoms with van der Waals surface area (Å²) in [4.78, 5) is 48.2. The highest BCUT2D eigenvalue weighted by Crippen LogP contribution is 2.18. The Labute approximate surface area is 122 Å². The number of carboxylic acids is 2. The van der Waals surface area contributed by atoms with Crippen molar-refractivity contribution in [3.8, 4) is 0 Å². The van der Waals surface area contributed by atoms with Gasteiger partial charge in [-0.3, -0.25) is 14.4 Å². The molecule has 1 aliphatic rings. The topological polar surface area (TPSA) is 115 Å². The number of hydrogen-bond acceptors (Lipinski definition) is 4. The second kappa shape index (κ2) is 7.61. The number of carboxylic acid groups (broad SMARTS) is 2. The quantitative estimate of drug-likeness (QED) is 0.678. The number of amides is 2. The molecule has 1 fully saturated rings. The number of rotatable bonds is 5. The van der Waals surface area contributed by atoms with Crippen molar-refractivity contribution in [2.75, 3.05) is 19.6 Å². The van der Waals surface area contributed by atoms with Gasteiger partial charge in [0.1, 0.15) is 6.04 Å². The molecular weight excluding hydrogens is 280 g/mol. The molecule has 1 heterocycles. The van der Waals surface area contributed by atoms with Crippen molar-refractivity contribution >= 4 is 23.8 Å². The summed E-state index contributed by atoms with van der Waals surface area (Å²) in [5, 5.41) is 17.7. The Hall–Kier alpha value is -2.12. The van der Waals surface area contributed by atoms with E-state index in [0.29, 0.717) is 19.3 Å². The minimum atomic E-state index is -1.12. The number of nitrogens with zero attached hydrogens (tertiary/aromatic N) is 2. The Balaban J connectivity index is 2.76. The molecule has 0 radical (unpaired) electrons. The molecule has 0 bridgehead atoms. The van der Waals surface area contributed by atoms with Crippen LogP contribution in [0.5, 0.6) is 0 Å². The maximum Gasteiger partial charge on any atom is 0.326 e. The van der Waals surface area contributed by atoms with Crippen LogP contribution in [0.4, 0.5) is 0 Å². The van der Waals surface area contributed by atoms with Gasteiger partial charge in [-0.1, -0.05) is 0 Å². The molecule has 0 aliphatic carbocycles. The van der Waals surface area contributed by atoms with Crippen molar-refractivity contribution in [1.82, 2.24) is 9.80 Å². The Morgan fingerprint density at radius 3 is 2.38 bits per heavy atom. The van der Waals surface area contributed by atoms with Gasteiger partial charge in [-0.2, -0.15) is 0 Å². The van der Waals surface area contributed by atoms with E-state index in [9.17, 15) is 19.2 Å². The van der Waals surface area contributed by atoms with E-state index in [1.54, 1.807) is 6.92 Å². The Kier molecular flexibility index (Phi) is 6.13. The summed E-state index contributed by atoms with van der Waals surface area (Å²) < 4.78 is 0. The molecule has 0 aromatic rings. The van der Waals surface area contributed by atoms with Crippen molar-refractivity contribution in [2.24, 2.45) is 0 Å². The lowest BCUT2D eigenvalue weighted by molar-refractivity contribution is -0.159. The third-order valence-corrected chi connectivity index (χ3v) is 3.50. The zero-order valence-corrected chi connectivity index (χ0v) is 11.9. The van der Waals surface area contributed by atoms with Crippen LogP contribution in [-0.4, -0.2) is 69.4 Å². The molecule has 8 heteroatoms. The fraction of sp³-hybridized carbons (Fsp3) is 0.692. The average Bonchev–Trinajstić information content (AvgIpc) is 2.46. The van der Waals surface area contributed by atoms with Gasteiger partial charge in [0.05, 0.1) is 6.42 Å². The molecule has 0 aromatic carbocycles. The van der Waals surface area contributed by atoms with Gasteiger partial charge >= 0.3 is 23.8 Å². The highest BCUT2D eigenvalue weighted by molar-refractivity contribution is 6.35. The van der Waals surface area contributed by atoms with Gasteiger partial charge < -0.3 is 20.0 Å². The van der Waals surface area contributed by atoms with E-state index < -0.39 is 29.8 Å². The summed E-state index contributed by atoms with van der Waals surface area (Å²) in [7, 11) is 0. The van der Waals surface area contributed by atoms with E-state index >= 15 is 0 Å². The van der Waals surface area contributed by atoms with Gasteiger partial charge in [-0.05, 0) is 26.2 Å². The Morgan fingerprint density at radius 1 is 1.19 bits per heavy atom. The van der Waals surface area contributed by atoms with E-state index in [1.807, 2.05) is 0 Å². The summed E-state index contributed by atoms with van der Waals surface area (Å²) in [5.41, 5.74) is 0. The van der Waals surface area contributed by atoms with E-state index in [1.165, 1.54) is 0 Å². The first-order valence-corrected chi connectivity index (χ1v) is 6.93. The average molecular weight is 300 g/mol. The number of likely N-dealkylation sites (N-methyl/N-ethyl adjacent to an activating group) is 1. The molecule has 1 atom stereocenters. The first-order valence-electron chi connectivity index (χ1n) is 6.93. The number of carbonyl (C=O) groups excluding carboxylic acids is 2. The van der Waals surface area contributed by atoms with E-state index in [-0.39, 0.29) is 26.1 Å². The lowest BCUT2D eigenvalue weighted by Crippen LogP contribution is -2.53. The molecule has 0 unspecified atom stereocenters. The zero-order chi connectivity index (χ0) is 16.0. The van der Waals surface area contributed by atoms with E-state index in [0.717, 1.165) is 9.80 Å². The summed E-state index contributed by atoms with van der Waals surface area (Å²) in [6, 6.07) is -0.978. The fourth-order valence-electron chi connectivity index (χ4n) is 2.32. The van der Waals surface area contributed by atoms with Crippen molar-refractivity contribution < 1.29 is 29.4 Å². The van der Waals surface area contributed by atoms with Crippen LogP contribution >= 0.6 is 0 Å². The van der Waals surface area contributed by atoms with Gasteiger partial charge in [-0.15, -0.1) is 0 Å². The van der Waals surface area contributed by atoms with Crippen LogP contribution in [0.25, 0.3) is 0 Å². The molecule has 0 aromatic heterocycles. The number of piperidine rings is 1. The maximum atomic E-state index is 12.2. The molecule has 1 rings (SSSR count). The van der Waals surface area contributed by atoms with Crippen molar-refractivity contribution in [1.29, 1.82) is 0 Å². The first kappa shape index (κ1) is 16.9. The standard InChI is InChI=1S/C13H20N2O6/c1-2-14(8-6-10(16)17)11(18)12(19)15-7-4-3-5-9(15)13(20)21/h9H,2-8H2,1H3,(H,16,17)(H,20,21)/t9-/m1/s1. The fourth-order valence-corrected chi connectivity index (χ4v) is 2.32. The first-order chi connectivity index (χ1) is 9.88. The predicted molar refractivity (Wildman–Crippen MR) is 71.5 cm³/mol. The largest absolute Gasteiger partial charge is 0.481 e. The normalized spacial score (nSPS) is 18.1. The van der Waals surface area contributed by atoms with Gasteiger partial charge in [-0.25, -0.2) is 4.79 Å². The van der Waals surface area contributed by atoms with Crippen LogP contribution in [0.2, 0.25) is 0 Å². The minimum absolute atomic E-state index is 0.0675. The SMILES string of the molecule is CCN(CCC(=O)O)C(=O)C(=O)N1CCCC[C@@H]1C(=O)O. The molecule has 2 amide bonds. The molecule has 0 saturated carbocycles. The summed E-state index contributed by atoms with van der Waals surface area (Å²) >= 11 is 0. The predicted octanol–water partition coefficient (Wildman–Crippen LogP) is -0.225. The van der Waals surface area contributed by atoms with Gasteiger partial charge in [0.2, 0.25) is 0 Å². The van der Waals surface area contributed by atoms with Crippen LogP contribution in [0.1, 0.15) is 32.6 Å². The van der Waals surface area contributed by atoms with Crippen LogP contribution in [-0.2, 0) is 19.2 Å². The monoisotopic (exact) mass is 300 g/mol. The van der Waals surface area contributed by atoms with Crippen LogP contribution in [0.3, 0.4) is 0 Å². The number of carbonyl (C=O) groups is 4. The third kappa shape index (κ3) is 4.44. The second-order valence-corrected chi connectivity index (χ2v) is 4.88. The Morgan fingerprint density at radius 2 is 1.86 bits per heavy atom. The minimum Gasteiger partial charge on any atom is -0.481 e. The van der Waals surface area contributed by atoms with Gasteiger partial charge in [0.25, 0.3) is 0 Å². The van der Waals surface area contributed by atoms with Crippen molar-refractivity contribution in [2.45, 2.75) is 38.6 Å². The van der Waals surface area contributed by atoms with Gasteiger partial charge in [0, 0.05) is 19.6 Å². The molecule has 1 saturated heterocycles. The zero-order valence-electron chi connectivity index (χ0n) is 11.9. The molecule has 0 spiro atoms. The van der Waals surface area contributed by atoms with Crippen molar-refractivity contribution in [3.63, 3.8) is 0 Å². The molecule has 8 nitrogen and oxygen atoms in total. The molecule has 118 valence electrons. The van der Waals surface area contributed by atoms with Gasteiger partial charge in [0.15, 0.2) is 0 Å². The third-order valence-electron chi connectivity index (χ3n) is 3.50. The smallest absolute Gasteiger partial charge is 0.326 e. The van der Waals surface area contributed by atoms with E-state index in [4.69, 9.17) is 10.2 Å². The lowest BCUT2D eigenvalue weighted by Gasteiger charge is -2.33. The molecular formula is C13H20N2O6. The van der Waals surface area contributed by atoms with Crippen molar-refractivity contribution in [3.05, 3.63) is 0 Å². The highest BCUT2D eigenvalue weighted by atomic mass is 16.4. The highest BCUT2D eigenvalue weighted by Gasteiger charge is 2.36. The number of hydrogen-bond donors (Lipinski definition) is 2. The molecule has 2 N–H and O–H groups in total. The Bertz CT molecular complexity index is 436. The van der Waals surface area contributed by atoms with Crippen LogP contribution in [0, 0.1) is 0 Å². The van der Waals surface area contributed by atoms with Crippen LogP contribution in [0.15, 0.2) is 0 Å². The van der Waals surface area contributed by atoms with E-state index in [2.05, 4.69) is 0 Å². The van der Waals surface area contributed by atoms with Crippen LogP contribution < -0.4 is 0 Å². The summed E-state index contributed by atoms with van der Waals surface area (Å²) in [6.07, 6.45) is 1.43. The lowest BCUT2D eigenvalue weighted by atomic mass is 10.0. The summed E-state index contributed by atoms with van der Waals surface area (Å²) in [5.74, 6) is -3.89. The summed E-state index contributed by atoms with van der Waals surface area (Å²) in [6.45, 7) is 2.00. The maximum absolute atomic E-state index is 12.2. The molecule has 21 heavy (non-hydrogen) atoms. The number of aliphatic carboxylic acids is 2. The molecule has 1 aliphatic heterocycles. The second-order valence-electron chi connectivity index (χ2n) is 4.88.